The third-order valence-corrected chi connectivity index (χ3v) is 5.08. The summed E-state index contributed by atoms with van der Waals surface area (Å²) >= 11 is 0. The number of nitrogens with one attached hydrogen (secondary N) is 2. The van der Waals surface area contributed by atoms with Crippen molar-refractivity contribution < 1.29 is 34.2 Å². The van der Waals surface area contributed by atoms with Crippen molar-refractivity contribution >= 4 is 29.7 Å². The fraction of sp³-hybridized carbons (Fsp3) is 0.722. The van der Waals surface area contributed by atoms with Crippen molar-refractivity contribution in [3.8, 4) is 0 Å². The number of carbonyl (C=O) groups excluding carboxylic acids is 3. The molecule has 29 heavy (non-hydrogen) atoms. The maximum Gasteiger partial charge on any atom is 0.326 e. The largest absolute Gasteiger partial charge is 0.481 e. The molecule has 3 amide bonds. The predicted molar refractivity (Wildman–Crippen MR) is 102 cm³/mol. The van der Waals surface area contributed by atoms with Crippen LogP contribution in [0.3, 0.4) is 0 Å². The monoisotopic (exact) mass is 414 g/mol. The van der Waals surface area contributed by atoms with Gasteiger partial charge in [-0.05, 0) is 25.7 Å². The van der Waals surface area contributed by atoms with Crippen molar-refractivity contribution in [2.45, 2.75) is 70.6 Å². The first kappa shape index (κ1) is 24.3. The van der Waals surface area contributed by atoms with Crippen LogP contribution >= 0.6 is 0 Å². The quantitative estimate of drug-likeness (QED) is 0.299. The number of likely N-dealkylation sites (tertiary alicyclic amines) is 1. The second kappa shape index (κ2) is 10.7. The Labute approximate surface area is 169 Å². The molecule has 0 spiro atoms. The average molecular weight is 414 g/mol. The molecule has 0 saturated carbocycles. The van der Waals surface area contributed by atoms with Crippen LogP contribution < -0.4 is 16.4 Å². The van der Waals surface area contributed by atoms with Gasteiger partial charge >= 0.3 is 11.9 Å². The van der Waals surface area contributed by atoms with E-state index < -0.39 is 60.2 Å². The molecule has 0 aliphatic carbocycles. The zero-order valence-corrected chi connectivity index (χ0v) is 16.9. The van der Waals surface area contributed by atoms with E-state index in [0.29, 0.717) is 25.8 Å². The molecule has 1 heterocycles. The highest BCUT2D eigenvalue weighted by Crippen LogP contribution is 2.19. The molecule has 0 radical (unpaired) electrons. The summed E-state index contributed by atoms with van der Waals surface area (Å²) in [5.41, 5.74) is 5.48. The summed E-state index contributed by atoms with van der Waals surface area (Å²) in [6.45, 7) is 5.24. The van der Waals surface area contributed by atoms with Crippen LogP contribution in [0.15, 0.2) is 0 Å². The third kappa shape index (κ3) is 6.70. The van der Waals surface area contributed by atoms with Gasteiger partial charge in [0.15, 0.2) is 0 Å². The first-order valence-corrected chi connectivity index (χ1v) is 9.60. The summed E-state index contributed by atoms with van der Waals surface area (Å²) in [7, 11) is 0. The molecule has 1 aliphatic heterocycles. The Hall–Kier alpha value is -2.69. The van der Waals surface area contributed by atoms with E-state index in [0.717, 1.165) is 0 Å². The topological polar surface area (TPSA) is 179 Å². The lowest BCUT2D eigenvalue weighted by molar-refractivity contribution is -0.145. The van der Waals surface area contributed by atoms with Crippen LogP contribution in [-0.2, 0) is 24.0 Å². The maximum atomic E-state index is 12.7. The van der Waals surface area contributed by atoms with E-state index in [4.69, 9.17) is 10.8 Å². The first-order chi connectivity index (χ1) is 13.5. The van der Waals surface area contributed by atoms with Gasteiger partial charge in [0.1, 0.15) is 18.1 Å². The van der Waals surface area contributed by atoms with E-state index in [1.165, 1.54) is 11.8 Å². The molecule has 11 nitrogen and oxygen atoms in total. The summed E-state index contributed by atoms with van der Waals surface area (Å²) in [6.07, 6.45) is 0.922. The number of aliphatic carboxylic acids is 2. The van der Waals surface area contributed by atoms with Crippen LogP contribution in [0.4, 0.5) is 0 Å². The van der Waals surface area contributed by atoms with Crippen molar-refractivity contribution in [3.05, 3.63) is 0 Å². The van der Waals surface area contributed by atoms with Crippen LogP contribution in [-0.4, -0.2) is 75.5 Å². The van der Waals surface area contributed by atoms with Gasteiger partial charge in [-0.1, -0.05) is 20.3 Å². The summed E-state index contributed by atoms with van der Waals surface area (Å²) in [4.78, 5) is 60.7. The molecule has 0 bridgehead atoms. The molecule has 164 valence electrons. The number of rotatable bonds is 10. The number of nitrogens with zero attached hydrogens (tertiary/aromatic N) is 1. The number of amides is 3. The predicted octanol–water partition coefficient (Wildman–Crippen LogP) is -1.10. The van der Waals surface area contributed by atoms with Crippen molar-refractivity contribution in [2.24, 2.45) is 11.7 Å². The number of nitrogens with two attached hydrogens (primary N) is 1. The van der Waals surface area contributed by atoms with E-state index in [-0.39, 0.29) is 5.92 Å². The third-order valence-electron chi connectivity index (χ3n) is 5.08. The Morgan fingerprint density at radius 2 is 1.76 bits per heavy atom. The number of carbonyl (C=O) groups is 5. The molecular formula is C18H30N4O7. The zero-order valence-electron chi connectivity index (χ0n) is 16.9. The number of hydrogen-bond donors (Lipinski definition) is 5. The van der Waals surface area contributed by atoms with Crippen molar-refractivity contribution in [2.75, 3.05) is 6.54 Å². The molecule has 1 saturated heterocycles. The van der Waals surface area contributed by atoms with Crippen molar-refractivity contribution in [1.82, 2.24) is 15.5 Å². The fourth-order valence-corrected chi connectivity index (χ4v) is 3.15. The van der Waals surface area contributed by atoms with Gasteiger partial charge in [-0.2, -0.15) is 0 Å². The molecule has 5 unspecified atom stereocenters. The van der Waals surface area contributed by atoms with Gasteiger partial charge in [0.25, 0.3) is 0 Å². The molecule has 1 aliphatic rings. The molecule has 1 fully saturated rings. The number of carboxylic acid groups (broad SMARTS) is 2. The minimum Gasteiger partial charge on any atom is -0.481 e. The van der Waals surface area contributed by atoms with Gasteiger partial charge in [0.2, 0.25) is 17.7 Å². The van der Waals surface area contributed by atoms with Gasteiger partial charge in [-0.25, -0.2) is 4.79 Å². The molecule has 0 aromatic carbocycles. The Morgan fingerprint density at radius 3 is 2.28 bits per heavy atom. The number of hydrogen-bond acceptors (Lipinski definition) is 6. The summed E-state index contributed by atoms with van der Waals surface area (Å²) in [5.74, 6) is -4.51. The number of carboxylic acids is 2. The Balaban J connectivity index is 2.77. The van der Waals surface area contributed by atoms with Crippen LogP contribution in [0.1, 0.15) is 46.5 Å². The van der Waals surface area contributed by atoms with Gasteiger partial charge in [0, 0.05) is 6.54 Å². The van der Waals surface area contributed by atoms with E-state index >= 15 is 0 Å². The Bertz CT molecular complexity index is 654. The normalized spacial score (nSPS) is 20.3. The van der Waals surface area contributed by atoms with Crippen LogP contribution in [0.25, 0.3) is 0 Å². The molecular weight excluding hydrogens is 384 g/mol. The molecule has 1 rings (SSSR count). The minimum absolute atomic E-state index is 0.282. The summed E-state index contributed by atoms with van der Waals surface area (Å²) < 4.78 is 0. The van der Waals surface area contributed by atoms with Crippen LogP contribution in [0.2, 0.25) is 0 Å². The lowest BCUT2D eigenvalue weighted by Gasteiger charge is -2.29. The SMILES string of the molecule is CCC(C)C(NC(=O)C1CCCN1C(=O)C(C)NC(=O)C(N)CC(=O)O)C(=O)O. The van der Waals surface area contributed by atoms with Gasteiger partial charge in [-0.3, -0.25) is 19.2 Å². The Kier molecular flexibility index (Phi) is 9.02. The highest BCUT2D eigenvalue weighted by atomic mass is 16.4. The molecule has 0 aromatic heterocycles. The molecule has 0 aromatic rings. The van der Waals surface area contributed by atoms with Gasteiger partial charge in [0.05, 0.1) is 12.5 Å². The summed E-state index contributed by atoms with van der Waals surface area (Å²) in [5, 5.41) is 22.9. The van der Waals surface area contributed by atoms with Crippen LogP contribution in [0.5, 0.6) is 0 Å². The fourth-order valence-electron chi connectivity index (χ4n) is 3.15. The smallest absolute Gasteiger partial charge is 0.326 e. The van der Waals surface area contributed by atoms with E-state index in [1.54, 1.807) is 6.92 Å². The second-order valence-corrected chi connectivity index (χ2v) is 7.33. The highest BCUT2D eigenvalue weighted by Gasteiger charge is 2.38. The standard InChI is InChI=1S/C18H30N4O7/c1-4-9(2)14(18(28)29)21-16(26)12-6-5-7-22(12)17(27)10(3)20-15(25)11(19)8-13(23)24/h9-12,14H,4-8,19H2,1-3H3,(H,20,25)(H,21,26)(H,23,24)(H,28,29). The first-order valence-electron chi connectivity index (χ1n) is 9.60. The molecule has 5 atom stereocenters. The van der Waals surface area contributed by atoms with Crippen molar-refractivity contribution in [3.63, 3.8) is 0 Å². The van der Waals surface area contributed by atoms with Crippen LogP contribution in [0, 0.1) is 5.92 Å². The lowest BCUT2D eigenvalue weighted by atomic mass is 9.98. The molecule has 11 heteroatoms. The van der Waals surface area contributed by atoms with E-state index in [2.05, 4.69) is 10.6 Å². The minimum atomic E-state index is -1.30. The Morgan fingerprint density at radius 1 is 1.14 bits per heavy atom. The summed E-state index contributed by atoms with van der Waals surface area (Å²) in [6, 6.07) is -4.20. The van der Waals surface area contributed by atoms with Crippen molar-refractivity contribution in [1.29, 1.82) is 0 Å². The maximum absolute atomic E-state index is 12.7. The highest BCUT2D eigenvalue weighted by molar-refractivity contribution is 5.94. The van der Waals surface area contributed by atoms with Gasteiger partial charge in [-0.15, -0.1) is 0 Å². The van der Waals surface area contributed by atoms with Gasteiger partial charge < -0.3 is 31.5 Å². The van der Waals surface area contributed by atoms with E-state index in [9.17, 15) is 29.1 Å². The lowest BCUT2D eigenvalue weighted by Crippen LogP contribution is -2.56. The molecule has 6 N–H and O–H groups in total. The second-order valence-electron chi connectivity index (χ2n) is 7.33. The van der Waals surface area contributed by atoms with E-state index in [1.807, 2.05) is 6.92 Å². The average Bonchev–Trinajstić information content (AvgIpc) is 3.13. The zero-order chi connectivity index (χ0) is 22.3.